The number of hydrogen-bond donors (Lipinski definition) is 1. The molecule has 0 amide bonds. The van der Waals surface area contributed by atoms with E-state index in [2.05, 4.69) is 6.92 Å². The molecule has 1 atom stereocenters. The van der Waals surface area contributed by atoms with E-state index in [-0.39, 0.29) is 12.8 Å². The van der Waals surface area contributed by atoms with Crippen LogP contribution in [0.5, 0.6) is 0 Å². The Kier molecular flexibility index (Phi) is 7.36. The van der Waals surface area contributed by atoms with Gasteiger partial charge in [-0.1, -0.05) is 26.2 Å². The zero-order valence-electron chi connectivity index (χ0n) is 7.60. The summed E-state index contributed by atoms with van der Waals surface area (Å²) in [6.07, 6.45) is 1.06. The maximum Gasteiger partial charge on any atom is 0.238 e. The van der Waals surface area contributed by atoms with Gasteiger partial charge in [-0.25, -0.2) is 8.78 Å². The van der Waals surface area contributed by atoms with Gasteiger partial charge in [0.05, 0.1) is 6.10 Å². The number of alkyl halides is 2. The smallest absolute Gasteiger partial charge is 0.238 e. The largest absolute Gasteiger partial charge is 0.393 e. The topological polar surface area (TPSA) is 20.2 Å². The van der Waals surface area contributed by atoms with Crippen molar-refractivity contribution in [1.82, 2.24) is 0 Å². The quantitative estimate of drug-likeness (QED) is 0.597. The summed E-state index contributed by atoms with van der Waals surface area (Å²) in [7, 11) is 0. The van der Waals surface area contributed by atoms with Gasteiger partial charge >= 0.3 is 0 Å². The number of unbranched alkanes of at least 4 members (excludes halogenated alkanes) is 2. The predicted molar refractivity (Wildman–Crippen MR) is 45.4 cm³/mol. The Bertz CT molecular complexity index is 96.5. The predicted octanol–water partition coefficient (Wildman–Crippen LogP) is 2.97. The molecule has 0 aliphatic carbocycles. The first-order chi connectivity index (χ1) is 5.66. The van der Waals surface area contributed by atoms with Gasteiger partial charge in [0.2, 0.25) is 6.43 Å². The van der Waals surface area contributed by atoms with Crippen LogP contribution in [0.4, 0.5) is 8.78 Å². The van der Waals surface area contributed by atoms with Crippen LogP contribution in [0.3, 0.4) is 0 Å². The third-order valence-electron chi connectivity index (χ3n) is 1.86. The molecule has 0 rings (SSSR count). The first kappa shape index (κ1) is 11.8. The number of halogens is 2. The fourth-order valence-corrected chi connectivity index (χ4v) is 1.09. The molecular weight excluding hydrogens is 162 g/mol. The number of hydrogen-bond acceptors (Lipinski definition) is 1. The Morgan fingerprint density at radius 2 is 1.75 bits per heavy atom. The fraction of sp³-hybridized carbons (Fsp3) is 1.00. The Hall–Kier alpha value is -0.180. The molecule has 0 unspecified atom stereocenters. The van der Waals surface area contributed by atoms with Crippen LogP contribution in [-0.4, -0.2) is 17.6 Å². The molecule has 0 aromatic rings. The van der Waals surface area contributed by atoms with Crippen molar-refractivity contribution in [3.63, 3.8) is 0 Å². The molecule has 0 fully saturated rings. The molecule has 0 radical (unpaired) electrons. The molecule has 0 saturated heterocycles. The minimum atomic E-state index is -2.27. The summed E-state index contributed by atoms with van der Waals surface area (Å²) in [5, 5.41) is 9.19. The second-order valence-corrected chi connectivity index (χ2v) is 3.12. The Morgan fingerprint density at radius 3 is 2.25 bits per heavy atom. The zero-order chi connectivity index (χ0) is 9.40. The second-order valence-electron chi connectivity index (χ2n) is 3.12. The van der Waals surface area contributed by atoms with Crippen LogP contribution >= 0.6 is 0 Å². The lowest BCUT2D eigenvalue weighted by molar-refractivity contribution is 0.0910. The molecule has 12 heavy (non-hydrogen) atoms. The number of aliphatic hydroxyl groups is 1. The summed E-state index contributed by atoms with van der Waals surface area (Å²) >= 11 is 0. The first-order valence-electron chi connectivity index (χ1n) is 4.63. The highest BCUT2D eigenvalue weighted by Gasteiger charge is 2.08. The molecule has 0 spiro atoms. The van der Waals surface area contributed by atoms with E-state index in [4.69, 9.17) is 0 Å². The van der Waals surface area contributed by atoms with Crippen molar-refractivity contribution in [3.05, 3.63) is 0 Å². The standard InChI is InChI=1S/C9H18F2O/c1-2-3-4-5-8(12)6-7-9(10)11/h8-9,12H,2-7H2,1H3/t8-/m1/s1. The van der Waals surface area contributed by atoms with Crippen LogP contribution in [0.25, 0.3) is 0 Å². The third kappa shape index (κ3) is 7.92. The Balaban J connectivity index is 3.15. The van der Waals surface area contributed by atoms with Crippen molar-refractivity contribution in [3.8, 4) is 0 Å². The van der Waals surface area contributed by atoms with E-state index < -0.39 is 12.5 Å². The zero-order valence-corrected chi connectivity index (χ0v) is 7.60. The first-order valence-corrected chi connectivity index (χ1v) is 4.63. The molecule has 74 valence electrons. The molecule has 0 aromatic carbocycles. The molecule has 3 heteroatoms. The van der Waals surface area contributed by atoms with E-state index in [1.165, 1.54) is 0 Å². The number of rotatable bonds is 7. The fourth-order valence-electron chi connectivity index (χ4n) is 1.09. The maximum atomic E-state index is 11.7. The highest BCUT2D eigenvalue weighted by atomic mass is 19.3. The summed E-state index contributed by atoms with van der Waals surface area (Å²) in [5.41, 5.74) is 0. The lowest BCUT2D eigenvalue weighted by atomic mass is 10.1. The van der Waals surface area contributed by atoms with Crippen LogP contribution in [0.1, 0.15) is 45.4 Å². The molecule has 1 N–H and O–H groups in total. The van der Waals surface area contributed by atoms with Gasteiger partial charge in [0, 0.05) is 6.42 Å². The van der Waals surface area contributed by atoms with Gasteiger partial charge in [0.1, 0.15) is 0 Å². The monoisotopic (exact) mass is 180 g/mol. The summed E-state index contributed by atoms with van der Waals surface area (Å²) in [5.74, 6) is 0. The van der Waals surface area contributed by atoms with E-state index in [0.717, 1.165) is 19.3 Å². The normalized spacial score (nSPS) is 13.8. The van der Waals surface area contributed by atoms with Gasteiger partial charge in [-0.05, 0) is 12.8 Å². The molecule has 0 bridgehead atoms. The van der Waals surface area contributed by atoms with Gasteiger partial charge < -0.3 is 5.11 Å². The Morgan fingerprint density at radius 1 is 1.08 bits per heavy atom. The van der Waals surface area contributed by atoms with Crippen molar-refractivity contribution in [1.29, 1.82) is 0 Å². The SMILES string of the molecule is CCCCC[C@@H](O)CCC(F)F. The van der Waals surface area contributed by atoms with Crippen molar-refractivity contribution in [2.24, 2.45) is 0 Å². The number of aliphatic hydroxyl groups excluding tert-OH is 1. The molecule has 1 nitrogen and oxygen atoms in total. The van der Waals surface area contributed by atoms with Gasteiger partial charge in [-0.3, -0.25) is 0 Å². The summed E-state index contributed by atoms with van der Waals surface area (Å²) in [6.45, 7) is 2.07. The third-order valence-corrected chi connectivity index (χ3v) is 1.86. The van der Waals surface area contributed by atoms with Gasteiger partial charge in [0.25, 0.3) is 0 Å². The average Bonchev–Trinajstić information content (AvgIpc) is 2.01. The molecular formula is C9H18F2O. The average molecular weight is 180 g/mol. The Labute approximate surface area is 72.8 Å². The second kappa shape index (κ2) is 7.47. The maximum absolute atomic E-state index is 11.7. The van der Waals surface area contributed by atoms with E-state index in [1.54, 1.807) is 0 Å². The van der Waals surface area contributed by atoms with E-state index in [1.807, 2.05) is 0 Å². The van der Waals surface area contributed by atoms with E-state index >= 15 is 0 Å². The minimum Gasteiger partial charge on any atom is -0.393 e. The molecule has 0 aliphatic heterocycles. The van der Waals surface area contributed by atoms with Crippen molar-refractivity contribution < 1.29 is 13.9 Å². The van der Waals surface area contributed by atoms with Crippen molar-refractivity contribution in [2.45, 2.75) is 58.0 Å². The molecule has 0 aliphatic rings. The molecule has 0 heterocycles. The van der Waals surface area contributed by atoms with Crippen LogP contribution in [0, 0.1) is 0 Å². The lowest BCUT2D eigenvalue weighted by Gasteiger charge is -2.08. The summed E-state index contributed by atoms with van der Waals surface area (Å²) in [4.78, 5) is 0. The lowest BCUT2D eigenvalue weighted by Crippen LogP contribution is -2.08. The summed E-state index contributed by atoms with van der Waals surface area (Å²) < 4.78 is 23.3. The van der Waals surface area contributed by atoms with E-state index in [0.29, 0.717) is 6.42 Å². The van der Waals surface area contributed by atoms with Crippen molar-refractivity contribution >= 4 is 0 Å². The highest BCUT2D eigenvalue weighted by Crippen LogP contribution is 2.11. The minimum absolute atomic E-state index is 0.173. The van der Waals surface area contributed by atoms with Crippen molar-refractivity contribution in [2.75, 3.05) is 0 Å². The van der Waals surface area contributed by atoms with Gasteiger partial charge in [-0.15, -0.1) is 0 Å². The summed E-state index contributed by atoms with van der Waals surface area (Å²) in [6, 6.07) is 0. The van der Waals surface area contributed by atoms with Crippen LogP contribution < -0.4 is 0 Å². The van der Waals surface area contributed by atoms with Crippen LogP contribution in [0.2, 0.25) is 0 Å². The molecule has 0 saturated carbocycles. The van der Waals surface area contributed by atoms with Gasteiger partial charge in [-0.2, -0.15) is 0 Å². The highest BCUT2D eigenvalue weighted by molar-refractivity contribution is 4.56. The van der Waals surface area contributed by atoms with E-state index in [9.17, 15) is 13.9 Å². The molecule has 0 aromatic heterocycles. The van der Waals surface area contributed by atoms with Crippen LogP contribution in [0.15, 0.2) is 0 Å². The van der Waals surface area contributed by atoms with Gasteiger partial charge in [0.15, 0.2) is 0 Å². The van der Waals surface area contributed by atoms with Crippen LogP contribution in [-0.2, 0) is 0 Å².